The van der Waals surface area contributed by atoms with E-state index in [-0.39, 0.29) is 23.7 Å². The largest absolute Gasteiger partial charge is 0.0622 e. The van der Waals surface area contributed by atoms with Gasteiger partial charge in [0.25, 0.3) is 0 Å². The van der Waals surface area contributed by atoms with Crippen LogP contribution in [0.25, 0.3) is 22.3 Å². The van der Waals surface area contributed by atoms with Crippen LogP contribution in [0.4, 0.5) is 0 Å². The summed E-state index contributed by atoms with van der Waals surface area (Å²) in [6, 6.07) is 59.8. The first-order valence-corrected chi connectivity index (χ1v) is 16.6. The Kier molecular flexibility index (Phi) is 4.88. The molecule has 4 bridgehead atoms. The molecule has 6 aliphatic carbocycles. The summed E-state index contributed by atoms with van der Waals surface area (Å²) in [5, 5.41) is 0. The summed E-state index contributed by atoms with van der Waals surface area (Å²) in [5.74, 6) is 0.727. The van der Waals surface area contributed by atoms with E-state index in [0.29, 0.717) is 0 Å². The van der Waals surface area contributed by atoms with E-state index in [1.807, 2.05) is 0 Å². The molecule has 6 aliphatic rings. The molecule has 0 saturated carbocycles. The maximum Gasteiger partial charge on any atom is 0.0355 e. The lowest BCUT2D eigenvalue weighted by molar-refractivity contribution is 0.722. The quantitative estimate of drug-likeness (QED) is 0.190. The molecule has 0 amide bonds. The van der Waals surface area contributed by atoms with Crippen LogP contribution in [0.3, 0.4) is 0 Å². The van der Waals surface area contributed by atoms with Gasteiger partial charge in [-0.05, 0) is 89.0 Å². The van der Waals surface area contributed by atoms with Gasteiger partial charge in [0.05, 0.1) is 0 Å². The minimum atomic E-state index is 0.182. The van der Waals surface area contributed by atoms with Gasteiger partial charge in [-0.15, -0.1) is 0 Å². The van der Waals surface area contributed by atoms with Crippen LogP contribution in [-0.4, -0.2) is 0 Å². The second-order valence-corrected chi connectivity index (χ2v) is 13.4. The Hall–Kier alpha value is -5.46. The minimum Gasteiger partial charge on any atom is -0.0622 e. The summed E-state index contributed by atoms with van der Waals surface area (Å²) in [6.07, 6.45) is 0. The van der Waals surface area contributed by atoms with Crippen molar-refractivity contribution in [2.75, 3.05) is 0 Å². The Labute approximate surface area is 269 Å². The molecule has 13 rings (SSSR count). The fraction of sp³-hybridized carbons (Fsp3) is 0.0870. The fourth-order valence-electron chi connectivity index (χ4n) is 9.92. The molecule has 0 unspecified atom stereocenters. The van der Waals surface area contributed by atoms with Gasteiger partial charge in [0, 0.05) is 23.7 Å². The van der Waals surface area contributed by atoms with E-state index < -0.39 is 0 Å². The van der Waals surface area contributed by atoms with Crippen molar-refractivity contribution in [2.24, 2.45) is 0 Å². The molecule has 0 spiro atoms. The Bertz CT molecular complexity index is 1990. The van der Waals surface area contributed by atoms with E-state index in [9.17, 15) is 0 Å². The maximum absolute atomic E-state index is 2.40. The molecular formula is C46H30. The monoisotopic (exact) mass is 582 g/mol. The standard InChI is InChI=1S/C46H30/c1-3-15-27(16-4-1)37-43-39-29-19-7-11-23-33(29)41(34-24-12-8-20-30(34)39)45(43)38(28-17-5-2-6-18-28)46-42-35-25-13-9-21-31(35)40(44(37)46)32-22-10-14-26-36(32)42/h1-26,39-42H. The van der Waals surface area contributed by atoms with Crippen LogP contribution in [0.2, 0.25) is 0 Å². The first kappa shape index (κ1) is 24.8. The van der Waals surface area contributed by atoms with Crippen LogP contribution in [-0.2, 0) is 0 Å². The maximum atomic E-state index is 2.40. The van der Waals surface area contributed by atoms with E-state index in [4.69, 9.17) is 0 Å². The van der Waals surface area contributed by atoms with Gasteiger partial charge in [-0.3, -0.25) is 0 Å². The topological polar surface area (TPSA) is 0 Å². The molecule has 0 radical (unpaired) electrons. The molecule has 0 saturated heterocycles. The van der Waals surface area contributed by atoms with Crippen molar-refractivity contribution in [3.05, 3.63) is 224 Å². The van der Waals surface area contributed by atoms with Gasteiger partial charge in [0.15, 0.2) is 0 Å². The highest BCUT2D eigenvalue weighted by molar-refractivity contribution is 5.94. The molecular weight excluding hydrogens is 553 g/mol. The Morgan fingerprint density at radius 2 is 0.413 bits per heavy atom. The van der Waals surface area contributed by atoms with Crippen molar-refractivity contribution in [3.8, 4) is 22.3 Å². The lowest BCUT2D eigenvalue weighted by Crippen LogP contribution is -2.34. The normalized spacial score (nSPS) is 20.2. The smallest absolute Gasteiger partial charge is 0.0355 e. The average molecular weight is 583 g/mol. The van der Waals surface area contributed by atoms with Crippen molar-refractivity contribution in [3.63, 3.8) is 0 Å². The van der Waals surface area contributed by atoms with Crippen molar-refractivity contribution in [1.29, 1.82) is 0 Å². The molecule has 0 aliphatic heterocycles. The zero-order valence-electron chi connectivity index (χ0n) is 25.3. The van der Waals surface area contributed by atoms with Crippen LogP contribution < -0.4 is 0 Å². The highest BCUT2D eigenvalue weighted by Gasteiger charge is 2.50. The van der Waals surface area contributed by atoms with Gasteiger partial charge >= 0.3 is 0 Å². The van der Waals surface area contributed by atoms with E-state index >= 15 is 0 Å². The van der Waals surface area contributed by atoms with Gasteiger partial charge in [-0.25, -0.2) is 0 Å². The Morgan fingerprint density at radius 1 is 0.217 bits per heavy atom. The molecule has 7 aromatic rings. The Morgan fingerprint density at radius 3 is 0.630 bits per heavy atom. The van der Waals surface area contributed by atoms with Crippen molar-refractivity contribution < 1.29 is 0 Å². The van der Waals surface area contributed by atoms with Crippen LogP contribution in [0, 0.1) is 0 Å². The van der Waals surface area contributed by atoms with Crippen LogP contribution in [0.15, 0.2) is 158 Å². The lowest BCUT2D eigenvalue weighted by Gasteiger charge is -2.50. The van der Waals surface area contributed by atoms with Gasteiger partial charge in [0.1, 0.15) is 0 Å². The average Bonchev–Trinajstić information content (AvgIpc) is 3.14. The first-order valence-electron chi connectivity index (χ1n) is 16.6. The summed E-state index contributed by atoms with van der Waals surface area (Å²) in [5.41, 5.74) is 23.4. The number of hydrogen-bond donors (Lipinski definition) is 0. The molecule has 0 aromatic heterocycles. The van der Waals surface area contributed by atoms with Crippen LogP contribution >= 0.6 is 0 Å². The van der Waals surface area contributed by atoms with Gasteiger partial charge in [-0.1, -0.05) is 158 Å². The number of benzene rings is 7. The summed E-state index contributed by atoms with van der Waals surface area (Å²) >= 11 is 0. The second kappa shape index (κ2) is 9.05. The molecule has 0 heteroatoms. The fourth-order valence-corrected chi connectivity index (χ4v) is 9.92. The van der Waals surface area contributed by atoms with E-state index in [0.717, 1.165) is 0 Å². The highest BCUT2D eigenvalue weighted by Crippen LogP contribution is 2.67. The van der Waals surface area contributed by atoms with Gasteiger partial charge in [0.2, 0.25) is 0 Å². The predicted molar refractivity (Wildman–Crippen MR) is 187 cm³/mol. The lowest BCUT2D eigenvalue weighted by atomic mass is 9.52. The van der Waals surface area contributed by atoms with Gasteiger partial charge < -0.3 is 0 Å². The predicted octanol–water partition coefficient (Wildman–Crippen LogP) is 11.0. The zero-order chi connectivity index (χ0) is 29.9. The third-order valence-corrected chi connectivity index (χ3v) is 11.4. The SMILES string of the molecule is c1ccc(-c2c3c(c(-c4ccccc4)c4c2C2c5ccccc5C4c4ccccc42)C2c4ccccc4C3c3ccccc32)cc1. The molecule has 0 heterocycles. The molecule has 0 N–H and O–H groups in total. The molecule has 214 valence electrons. The number of rotatable bonds is 2. The number of hydrogen-bond acceptors (Lipinski definition) is 0. The van der Waals surface area contributed by atoms with E-state index in [1.165, 1.54) is 89.0 Å². The summed E-state index contributed by atoms with van der Waals surface area (Å²) in [7, 11) is 0. The third kappa shape index (κ3) is 3.00. The summed E-state index contributed by atoms with van der Waals surface area (Å²) in [4.78, 5) is 0. The van der Waals surface area contributed by atoms with E-state index in [2.05, 4.69) is 158 Å². The third-order valence-electron chi connectivity index (χ3n) is 11.4. The molecule has 7 aromatic carbocycles. The molecule has 0 fully saturated rings. The van der Waals surface area contributed by atoms with Crippen LogP contribution in [0.5, 0.6) is 0 Å². The van der Waals surface area contributed by atoms with Crippen molar-refractivity contribution in [1.82, 2.24) is 0 Å². The minimum absolute atomic E-state index is 0.182. The molecule has 0 atom stereocenters. The van der Waals surface area contributed by atoms with Crippen molar-refractivity contribution in [2.45, 2.75) is 23.7 Å². The zero-order valence-corrected chi connectivity index (χ0v) is 25.3. The van der Waals surface area contributed by atoms with Crippen molar-refractivity contribution >= 4 is 0 Å². The van der Waals surface area contributed by atoms with Gasteiger partial charge in [-0.2, -0.15) is 0 Å². The molecule has 46 heavy (non-hydrogen) atoms. The second-order valence-electron chi connectivity index (χ2n) is 13.4. The summed E-state index contributed by atoms with van der Waals surface area (Å²) in [6.45, 7) is 0. The summed E-state index contributed by atoms with van der Waals surface area (Å²) < 4.78 is 0. The molecule has 0 nitrogen and oxygen atoms in total. The van der Waals surface area contributed by atoms with E-state index in [1.54, 1.807) is 0 Å². The Balaban J connectivity index is 1.39. The van der Waals surface area contributed by atoms with Crippen LogP contribution in [0.1, 0.15) is 90.4 Å². The first-order chi connectivity index (χ1) is 22.9. The highest BCUT2D eigenvalue weighted by atomic mass is 14.5.